The van der Waals surface area contributed by atoms with Crippen LogP contribution in [0, 0.1) is 0 Å². The molecule has 0 spiro atoms. The van der Waals surface area contributed by atoms with Crippen LogP contribution in [0.15, 0.2) is 24.4 Å². The van der Waals surface area contributed by atoms with Crippen LogP contribution in [-0.2, 0) is 6.42 Å². The number of carbonyl (C=O) groups excluding carboxylic acids is 1. The first-order valence-electron chi connectivity index (χ1n) is 7.82. The molecule has 1 heterocycles. The molecule has 0 atom stereocenters. The molecule has 1 aliphatic carbocycles. The van der Waals surface area contributed by atoms with Gasteiger partial charge in [0.2, 0.25) is 0 Å². The van der Waals surface area contributed by atoms with Crippen molar-refractivity contribution in [2.45, 2.75) is 52.0 Å². The lowest BCUT2D eigenvalue weighted by atomic mass is 9.94. The van der Waals surface area contributed by atoms with Gasteiger partial charge in [0.05, 0.1) is 11.1 Å². The zero-order chi connectivity index (χ0) is 15.0. The average molecular weight is 282 g/mol. The Labute approximate surface area is 125 Å². The summed E-state index contributed by atoms with van der Waals surface area (Å²) in [5.41, 5.74) is 4.00. The fraction of sp³-hybridized carbons (Fsp3) is 0.444. The average Bonchev–Trinajstić information content (AvgIpc) is 3.28. The van der Waals surface area contributed by atoms with Gasteiger partial charge in [-0.05, 0) is 54.5 Å². The highest BCUT2D eigenvalue weighted by molar-refractivity contribution is 6.06. The second-order valence-corrected chi connectivity index (χ2v) is 6.20. The second kappa shape index (κ2) is 5.47. The number of benzene rings is 1. The van der Waals surface area contributed by atoms with Gasteiger partial charge < -0.3 is 5.32 Å². The Morgan fingerprint density at radius 1 is 1.38 bits per heavy atom. The molecule has 1 fully saturated rings. The fourth-order valence-corrected chi connectivity index (χ4v) is 2.71. The summed E-state index contributed by atoms with van der Waals surface area (Å²) in [4.78, 5) is 17.0. The lowest BCUT2D eigenvalue weighted by Gasteiger charge is -2.14. The Kier molecular flexibility index (Phi) is 3.66. The van der Waals surface area contributed by atoms with E-state index in [2.05, 4.69) is 43.2 Å². The van der Waals surface area contributed by atoms with E-state index in [1.54, 1.807) is 0 Å². The maximum atomic E-state index is 12.5. The van der Waals surface area contributed by atoms with E-state index in [1.165, 1.54) is 11.1 Å². The summed E-state index contributed by atoms with van der Waals surface area (Å²) in [6.07, 6.45) is 4.94. The summed E-state index contributed by atoms with van der Waals surface area (Å²) in [7, 11) is 0. The molecule has 0 radical (unpaired) electrons. The molecule has 0 aliphatic heterocycles. The number of hydrogen-bond donors (Lipinski definition) is 1. The maximum Gasteiger partial charge on any atom is 0.253 e. The van der Waals surface area contributed by atoms with Crippen LogP contribution in [0.3, 0.4) is 0 Å². The summed E-state index contributed by atoms with van der Waals surface area (Å²) in [5, 5.41) is 4.20. The van der Waals surface area contributed by atoms with E-state index in [4.69, 9.17) is 0 Å². The van der Waals surface area contributed by atoms with Crippen LogP contribution in [-0.4, -0.2) is 16.9 Å². The molecule has 21 heavy (non-hydrogen) atoms. The van der Waals surface area contributed by atoms with Gasteiger partial charge in [-0.25, -0.2) is 0 Å². The molecule has 0 unspecified atom stereocenters. The van der Waals surface area contributed by atoms with Crippen molar-refractivity contribution in [3.05, 3.63) is 41.1 Å². The lowest BCUT2D eigenvalue weighted by molar-refractivity contribution is 0.0952. The van der Waals surface area contributed by atoms with Gasteiger partial charge in [-0.2, -0.15) is 0 Å². The van der Waals surface area contributed by atoms with Crippen molar-refractivity contribution in [1.82, 2.24) is 10.3 Å². The molecule has 2 aromatic rings. The van der Waals surface area contributed by atoms with Crippen LogP contribution in [0.1, 0.15) is 61.0 Å². The molecule has 3 rings (SSSR count). The molecule has 3 nitrogen and oxygen atoms in total. The highest BCUT2D eigenvalue weighted by atomic mass is 16.1. The van der Waals surface area contributed by atoms with E-state index in [0.717, 1.165) is 35.7 Å². The molecule has 110 valence electrons. The van der Waals surface area contributed by atoms with Crippen molar-refractivity contribution in [2.75, 3.05) is 0 Å². The Hall–Kier alpha value is -1.90. The van der Waals surface area contributed by atoms with Crippen LogP contribution < -0.4 is 5.32 Å². The second-order valence-electron chi connectivity index (χ2n) is 6.20. The van der Waals surface area contributed by atoms with E-state index in [-0.39, 0.29) is 5.91 Å². The molecular weight excluding hydrogens is 260 g/mol. The molecule has 1 aromatic carbocycles. The molecule has 1 saturated carbocycles. The highest BCUT2D eigenvalue weighted by Crippen LogP contribution is 2.28. The first-order chi connectivity index (χ1) is 10.1. The van der Waals surface area contributed by atoms with Gasteiger partial charge in [-0.3, -0.25) is 9.78 Å². The Balaban J connectivity index is 2.17. The van der Waals surface area contributed by atoms with E-state index in [0.29, 0.717) is 12.0 Å². The van der Waals surface area contributed by atoms with Crippen molar-refractivity contribution >= 4 is 16.8 Å². The van der Waals surface area contributed by atoms with Gasteiger partial charge in [0.1, 0.15) is 0 Å². The number of nitrogens with zero attached hydrogens (tertiary/aromatic N) is 1. The predicted molar refractivity (Wildman–Crippen MR) is 85.7 cm³/mol. The number of rotatable bonds is 4. The lowest BCUT2D eigenvalue weighted by Crippen LogP contribution is -2.26. The minimum Gasteiger partial charge on any atom is -0.349 e. The summed E-state index contributed by atoms with van der Waals surface area (Å²) < 4.78 is 0. The molecule has 3 heteroatoms. The van der Waals surface area contributed by atoms with Crippen LogP contribution >= 0.6 is 0 Å². The summed E-state index contributed by atoms with van der Waals surface area (Å²) in [5.74, 6) is 0.438. The molecule has 0 bridgehead atoms. The third-order valence-electron chi connectivity index (χ3n) is 4.13. The monoisotopic (exact) mass is 282 g/mol. The number of hydrogen-bond acceptors (Lipinski definition) is 2. The van der Waals surface area contributed by atoms with Crippen molar-refractivity contribution in [3.8, 4) is 0 Å². The standard InChI is InChI=1S/C18H22N2O/c1-4-12-9-15-14(11(2)3)7-8-19-17(15)16(10-12)18(21)20-13-5-6-13/h7-11,13H,4-6H2,1-3H3,(H,20,21). The summed E-state index contributed by atoms with van der Waals surface area (Å²) in [6.45, 7) is 6.48. The normalized spacial score (nSPS) is 14.7. The van der Waals surface area contributed by atoms with Gasteiger partial charge >= 0.3 is 0 Å². The van der Waals surface area contributed by atoms with Gasteiger partial charge in [0.25, 0.3) is 5.91 Å². The molecule has 1 aliphatic rings. The molecule has 1 aromatic heterocycles. The van der Waals surface area contributed by atoms with E-state index >= 15 is 0 Å². The Bertz CT molecular complexity index is 687. The number of pyridine rings is 1. The zero-order valence-electron chi connectivity index (χ0n) is 12.9. The quantitative estimate of drug-likeness (QED) is 0.926. The fourth-order valence-electron chi connectivity index (χ4n) is 2.71. The zero-order valence-corrected chi connectivity index (χ0v) is 12.9. The summed E-state index contributed by atoms with van der Waals surface area (Å²) >= 11 is 0. The highest BCUT2D eigenvalue weighted by Gasteiger charge is 2.25. The number of fused-ring (bicyclic) bond motifs is 1. The van der Waals surface area contributed by atoms with Gasteiger partial charge in [0.15, 0.2) is 0 Å². The molecular formula is C18H22N2O. The van der Waals surface area contributed by atoms with Gasteiger partial charge in [-0.1, -0.05) is 20.8 Å². The van der Waals surface area contributed by atoms with Crippen LogP contribution in [0.4, 0.5) is 0 Å². The van der Waals surface area contributed by atoms with E-state index < -0.39 is 0 Å². The van der Waals surface area contributed by atoms with Crippen molar-refractivity contribution in [1.29, 1.82) is 0 Å². The topological polar surface area (TPSA) is 42.0 Å². The SMILES string of the molecule is CCc1cc(C(=O)NC2CC2)c2nccc(C(C)C)c2c1. The first kappa shape index (κ1) is 14.1. The van der Waals surface area contributed by atoms with Gasteiger partial charge in [-0.15, -0.1) is 0 Å². The van der Waals surface area contributed by atoms with Crippen molar-refractivity contribution in [3.63, 3.8) is 0 Å². The Morgan fingerprint density at radius 2 is 2.14 bits per heavy atom. The Morgan fingerprint density at radius 3 is 2.76 bits per heavy atom. The van der Waals surface area contributed by atoms with Crippen LogP contribution in [0.5, 0.6) is 0 Å². The number of amides is 1. The minimum absolute atomic E-state index is 0.0196. The maximum absolute atomic E-state index is 12.5. The predicted octanol–water partition coefficient (Wildman–Crippen LogP) is 3.81. The smallest absolute Gasteiger partial charge is 0.253 e. The third-order valence-corrected chi connectivity index (χ3v) is 4.13. The van der Waals surface area contributed by atoms with E-state index in [1.807, 2.05) is 12.3 Å². The van der Waals surface area contributed by atoms with Crippen LogP contribution in [0.25, 0.3) is 10.9 Å². The first-order valence-corrected chi connectivity index (χ1v) is 7.82. The molecule has 1 N–H and O–H groups in total. The number of nitrogens with one attached hydrogen (secondary N) is 1. The van der Waals surface area contributed by atoms with E-state index in [9.17, 15) is 4.79 Å². The number of carbonyl (C=O) groups is 1. The molecule has 0 saturated heterocycles. The minimum atomic E-state index is 0.0196. The number of aryl methyl sites for hydroxylation is 1. The largest absolute Gasteiger partial charge is 0.349 e. The molecule has 1 amide bonds. The van der Waals surface area contributed by atoms with Crippen molar-refractivity contribution < 1.29 is 4.79 Å². The van der Waals surface area contributed by atoms with Gasteiger partial charge in [0, 0.05) is 17.6 Å². The number of aromatic nitrogens is 1. The third kappa shape index (κ3) is 2.78. The van der Waals surface area contributed by atoms with Crippen molar-refractivity contribution in [2.24, 2.45) is 0 Å². The van der Waals surface area contributed by atoms with Crippen LogP contribution in [0.2, 0.25) is 0 Å². The summed E-state index contributed by atoms with van der Waals surface area (Å²) in [6, 6.07) is 6.61.